The standard InChI is InChI=1S/C28H30FN3O3/c1-2-6-19(18-32-26-9-4-3-8-24(26)25(30)17-27(33)34)7-5-14-31-28(35)22-11-10-21-16-23(29)13-12-20(21)15-22/h5-13,15-16,30,32H,2-4,14,17-18H2,1H3,(H,31,35)(H,33,34)/b7-5-,19-6+,30-25?. The van der Waals surface area contributed by atoms with E-state index in [2.05, 4.69) is 16.7 Å². The molecule has 2 aromatic rings. The monoisotopic (exact) mass is 475 g/mol. The Morgan fingerprint density at radius 1 is 1.11 bits per heavy atom. The van der Waals surface area contributed by atoms with Gasteiger partial charge in [0.25, 0.3) is 5.91 Å². The minimum Gasteiger partial charge on any atom is -0.481 e. The second-order valence-electron chi connectivity index (χ2n) is 8.22. The first kappa shape index (κ1) is 25.6. The molecule has 0 saturated heterocycles. The Morgan fingerprint density at radius 2 is 1.86 bits per heavy atom. The van der Waals surface area contributed by atoms with Crippen LogP contribution < -0.4 is 10.6 Å². The number of carboxylic acids is 1. The largest absolute Gasteiger partial charge is 0.481 e. The summed E-state index contributed by atoms with van der Waals surface area (Å²) in [6, 6.07) is 9.62. The zero-order valence-electron chi connectivity index (χ0n) is 19.7. The van der Waals surface area contributed by atoms with E-state index in [1.165, 1.54) is 12.1 Å². The van der Waals surface area contributed by atoms with Gasteiger partial charge in [-0.15, -0.1) is 0 Å². The summed E-state index contributed by atoms with van der Waals surface area (Å²) in [5.41, 5.74) is 3.04. The molecule has 0 spiro atoms. The van der Waals surface area contributed by atoms with Gasteiger partial charge in [0.1, 0.15) is 5.82 Å². The second-order valence-corrected chi connectivity index (χ2v) is 8.22. The highest BCUT2D eigenvalue weighted by atomic mass is 19.1. The van der Waals surface area contributed by atoms with Crippen molar-refractivity contribution in [2.75, 3.05) is 13.1 Å². The Labute approximate surface area is 204 Å². The number of aliphatic carboxylic acids is 1. The van der Waals surface area contributed by atoms with Crippen LogP contribution in [0.2, 0.25) is 0 Å². The molecule has 0 fully saturated rings. The smallest absolute Gasteiger partial charge is 0.309 e. The van der Waals surface area contributed by atoms with E-state index in [0.717, 1.165) is 41.3 Å². The van der Waals surface area contributed by atoms with Crippen LogP contribution in [0.25, 0.3) is 10.8 Å². The summed E-state index contributed by atoms with van der Waals surface area (Å²) in [7, 11) is 0. The molecule has 0 bridgehead atoms. The zero-order valence-corrected chi connectivity index (χ0v) is 19.7. The molecule has 1 aliphatic carbocycles. The fraction of sp³-hybridized carbons (Fsp3) is 0.250. The Bertz CT molecular complexity index is 1240. The van der Waals surface area contributed by atoms with Crippen molar-refractivity contribution in [2.45, 2.75) is 32.6 Å². The van der Waals surface area contributed by atoms with Gasteiger partial charge in [0.05, 0.1) is 12.1 Å². The minimum atomic E-state index is -1.02. The van der Waals surface area contributed by atoms with E-state index in [4.69, 9.17) is 10.5 Å². The van der Waals surface area contributed by atoms with Gasteiger partial charge >= 0.3 is 5.97 Å². The fourth-order valence-electron chi connectivity index (χ4n) is 3.86. The maximum Gasteiger partial charge on any atom is 0.309 e. The van der Waals surface area contributed by atoms with E-state index in [1.807, 2.05) is 31.2 Å². The number of fused-ring (bicyclic) bond motifs is 1. The molecule has 0 atom stereocenters. The van der Waals surface area contributed by atoms with E-state index in [-0.39, 0.29) is 23.9 Å². The molecule has 182 valence electrons. The van der Waals surface area contributed by atoms with Crippen LogP contribution in [0.4, 0.5) is 4.39 Å². The lowest BCUT2D eigenvalue weighted by Crippen LogP contribution is -2.24. The highest BCUT2D eigenvalue weighted by molar-refractivity contribution is 6.09. The Morgan fingerprint density at radius 3 is 2.63 bits per heavy atom. The van der Waals surface area contributed by atoms with Crippen molar-refractivity contribution in [3.8, 4) is 0 Å². The predicted molar refractivity (Wildman–Crippen MR) is 137 cm³/mol. The lowest BCUT2D eigenvalue weighted by molar-refractivity contribution is -0.135. The molecule has 0 saturated carbocycles. The first-order valence-corrected chi connectivity index (χ1v) is 11.6. The van der Waals surface area contributed by atoms with Gasteiger partial charge in [0, 0.05) is 29.9 Å². The first-order chi connectivity index (χ1) is 16.9. The number of rotatable bonds is 11. The number of nitrogens with one attached hydrogen (secondary N) is 3. The van der Waals surface area contributed by atoms with E-state index >= 15 is 0 Å². The van der Waals surface area contributed by atoms with Crippen molar-refractivity contribution in [3.05, 3.63) is 95.0 Å². The summed E-state index contributed by atoms with van der Waals surface area (Å²) < 4.78 is 13.3. The van der Waals surface area contributed by atoms with Crippen LogP contribution in [0.1, 0.15) is 43.0 Å². The molecule has 0 unspecified atom stereocenters. The number of allylic oxidation sites excluding steroid dienone is 4. The van der Waals surface area contributed by atoms with Crippen molar-refractivity contribution in [3.63, 3.8) is 0 Å². The van der Waals surface area contributed by atoms with Crippen molar-refractivity contribution in [2.24, 2.45) is 0 Å². The van der Waals surface area contributed by atoms with Gasteiger partial charge in [0.15, 0.2) is 0 Å². The molecule has 0 heterocycles. The number of benzene rings is 2. The SMILES string of the molecule is CC/C=C(\C=C/CNC(=O)c1ccc2cc(F)ccc2c1)CNC1=CCCC=C1C(=N)CC(=O)O. The van der Waals surface area contributed by atoms with Gasteiger partial charge in [0.2, 0.25) is 0 Å². The molecule has 1 aliphatic rings. The third kappa shape index (κ3) is 7.50. The quantitative estimate of drug-likeness (QED) is 0.262. The van der Waals surface area contributed by atoms with Gasteiger partial charge in [-0.1, -0.05) is 49.4 Å². The van der Waals surface area contributed by atoms with Gasteiger partial charge in [-0.3, -0.25) is 9.59 Å². The molecule has 0 aromatic heterocycles. The second kappa shape index (κ2) is 12.5. The fourth-order valence-corrected chi connectivity index (χ4v) is 3.86. The lowest BCUT2D eigenvalue weighted by atomic mass is 9.97. The predicted octanol–water partition coefficient (Wildman–Crippen LogP) is 5.29. The summed E-state index contributed by atoms with van der Waals surface area (Å²) in [5, 5.41) is 24.8. The van der Waals surface area contributed by atoms with Crippen molar-refractivity contribution in [1.82, 2.24) is 10.6 Å². The van der Waals surface area contributed by atoms with Crippen molar-refractivity contribution in [1.29, 1.82) is 5.41 Å². The average molecular weight is 476 g/mol. The first-order valence-electron chi connectivity index (χ1n) is 11.6. The zero-order chi connectivity index (χ0) is 25.2. The summed E-state index contributed by atoms with van der Waals surface area (Å²) in [5.74, 6) is -1.54. The lowest BCUT2D eigenvalue weighted by Gasteiger charge is -2.19. The van der Waals surface area contributed by atoms with Crippen LogP contribution in [0.5, 0.6) is 0 Å². The van der Waals surface area contributed by atoms with Gasteiger partial charge in [-0.05, 0) is 59.9 Å². The van der Waals surface area contributed by atoms with E-state index < -0.39 is 5.97 Å². The van der Waals surface area contributed by atoms with Crippen LogP contribution in [0, 0.1) is 11.2 Å². The number of carbonyl (C=O) groups excluding carboxylic acids is 1. The summed E-state index contributed by atoms with van der Waals surface area (Å²) in [6.45, 7) is 2.90. The highest BCUT2D eigenvalue weighted by Crippen LogP contribution is 2.20. The third-order valence-corrected chi connectivity index (χ3v) is 5.53. The summed E-state index contributed by atoms with van der Waals surface area (Å²) >= 11 is 0. The Hall–Kier alpha value is -4.00. The van der Waals surface area contributed by atoms with Gasteiger partial charge in [-0.2, -0.15) is 0 Å². The van der Waals surface area contributed by atoms with Gasteiger partial charge < -0.3 is 21.1 Å². The van der Waals surface area contributed by atoms with Crippen molar-refractivity contribution >= 4 is 28.4 Å². The molecule has 6 nitrogen and oxygen atoms in total. The molecule has 1 amide bonds. The topological polar surface area (TPSA) is 102 Å². The Kier molecular flexibility index (Phi) is 9.12. The molecule has 0 radical (unpaired) electrons. The van der Waals surface area contributed by atoms with E-state index in [9.17, 15) is 14.0 Å². The third-order valence-electron chi connectivity index (χ3n) is 5.53. The maximum absolute atomic E-state index is 13.3. The van der Waals surface area contributed by atoms with E-state index in [0.29, 0.717) is 24.2 Å². The molecule has 35 heavy (non-hydrogen) atoms. The summed E-state index contributed by atoms with van der Waals surface area (Å²) in [6.07, 6.45) is 11.9. The number of carboxylic acid groups (broad SMARTS) is 1. The molecule has 0 aliphatic heterocycles. The number of carbonyl (C=O) groups is 2. The normalized spacial score (nSPS) is 13.9. The van der Waals surface area contributed by atoms with Gasteiger partial charge in [-0.25, -0.2) is 4.39 Å². The van der Waals surface area contributed by atoms with Crippen LogP contribution in [0.15, 0.2) is 83.6 Å². The molecular weight excluding hydrogens is 445 g/mol. The molecule has 4 N–H and O–H groups in total. The van der Waals surface area contributed by atoms with Crippen LogP contribution in [0.3, 0.4) is 0 Å². The number of hydrogen-bond donors (Lipinski definition) is 4. The Balaban J connectivity index is 1.55. The van der Waals surface area contributed by atoms with Crippen molar-refractivity contribution < 1.29 is 19.1 Å². The minimum absolute atomic E-state index is 0.0917. The molecular formula is C28H30FN3O3. The highest BCUT2D eigenvalue weighted by Gasteiger charge is 2.16. The maximum atomic E-state index is 13.3. The van der Waals surface area contributed by atoms with Crippen LogP contribution >= 0.6 is 0 Å². The average Bonchev–Trinajstić information content (AvgIpc) is 2.84. The molecule has 2 aromatic carbocycles. The number of hydrogen-bond acceptors (Lipinski definition) is 4. The van der Waals surface area contributed by atoms with Crippen LogP contribution in [-0.4, -0.2) is 35.8 Å². The summed E-state index contributed by atoms with van der Waals surface area (Å²) in [4.78, 5) is 23.5. The van der Waals surface area contributed by atoms with Crippen LogP contribution in [-0.2, 0) is 4.79 Å². The number of amides is 1. The number of halogens is 1. The molecule has 7 heteroatoms. The molecule has 3 rings (SSSR count). The van der Waals surface area contributed by atoms with E-state index in [1.54, 1.807) is 24.3 Å².